The van der Waals surface area contributed by atoms with Crippen molar-refractivity contribution in [2.45, 2.75) is 64.2 Å². The summed E-state index contributed by atoms with van der Waals surface area (Å²) < 4.78 is 26.3. The molecule has 110 valence electrons. The zero-order chi connectivity index (χ0) is 14.2. The summed E-state index contributed by atoms with van der Waals surface area (Å²) >= 11 is 0. The molecule has 2 aliphatic rings. The van der Waals surface area contributed by atoms with E-state index in [2.05, 4.69) is 6.92 Å². The van der Waals surface area contributed by atoms with E-state index >= 15 is 0 Å². The summed E-state index contributed by atoms with van der Waals surface area (Å²) in [5.74, 6) is -0.0439. The first kappa shape index (κ1) is 14.0. The first-order valence-corrected chi connectivity index (χ1v) is 8.07. The van der Waals surface area contributed by atoms with Crippen LogP contribution >= 0.6 is 0 Å². The van der Waals surface area contributed by atoms with E-state index < -0.39 is 11.6 Å². The van der Waals surface area contributed by atoms with Crippen molar-refractivity contribution < 1.29 is 8.78 Å². The molecule has 0 aromatic heterocycles. The van der Waals surface area contributed by atoms with Crippen molar-refractivity contribution in [2.24, 2.45) is 11.3 Å². The lowest BCUT2D eigenvalue weighted by atomic mass is 9.53. The summed E-state index contributed by atoms with van der Waals surface area (Å²) in [7, 11) is 0. The fraction of sp³-hybridized carbons (Fsp3) is 0.667. The summed E-state index contributed by atoms with van der Waals surface area (Å²) in [5.41, 5.74) is 1.60. The van der Waals surface area contributed by atoms with Gasteiger partial charge in [-0.25, -0.2) is 8.78 Å². The third kappa shape index (κ3) is 2.62. The van der Waals surface area contributed by atoms with Gasteiger partial charge in [-0.3, -0.25) is 0 Å². The molecule has 0 atom stereocenters. The summed E-state index contributed by atoms with van der Waals surface area (Å²) in [4.78, 5) is 0. The normalized spacial score (nSPS) is 33.1. The Morgan fingerprint density at radius 3 is 2.40 bits per heavy atom. The molecule has 1 spiro atoms. The summed E-state index contributed by atoms with van der Waals surface area (Å²) in [6, 6.07) is 4.44. The minimum Gasteiger partial charge on any atom is -0.204 e. The van der Waals surface area contributed by atoms with Crippen molar-refractivity contribution in [1.82, 2.24) is 0 Å². The highest BCUT2D eigenvalue weighted by atomic mass is 19.2. The topological polar surface area (TPSA) is 0 Å². The number of hydrogen-bond donors (Lipinski definition) is 0. The second kappa shape index (κ2) is 5.46. The molecule has 1 aromatic carbocycles. The van der Waals surface area contributed by atoms with Gasteiger partial charge in [0.15, 0.2) is 11.6 Å². The smallest absolute Gasteiger partial charge is 0.159 e. The lowest BCUT2D eigenvalue weighted by Gasteiger charge is -2.52. The minimum absolute atomic E-state index is 0.431. The number of halogens is 2. The van der Waals surface area contributed by atoms with E-state index in [1.54, 1.807) is 6.07 Å². The van der Waals surface area contributed by atoms with Crippen LogP contribution in [0, 0.1) is 23.0 Å². The quantitative estimate of drug-likeness (QED) is 0.653. The number of hydrogen-bond acceptors (Lipinski definition) is 0. The van der Waals surface area contributed by atoms with Crippen molar-refractivity contribution in [3.05, 3.63) is 35.4 Å². The molecule has 0 heterocycles. The van der Waals surface area contributed by atoms with E-state index in [-0.39, 0.29) is 0 Å². The second-order valence-corrected chi connectivity index (χ2v) is 7.01. The fourth-order valence-electron chi connectivity index (χ4n) is 4.52. The van der Waals surface area contributed by atoms with Gasteiger partial charge in [0.05, 0.1) is 0 Å². The van der Waals surface area contributed by atoms with Gasteiger partial charge in [-0.15, -0.1) is 0 Å². The van der Waals surface area contributed by atoms with Gasteiger partial charge in [0.2, 0.25) is 0 Å². The van der Waals surface area contributed by atoms with Crippen molar-refractivity contribution in [2.75, 3.05) is 0 Å². The molecule has 2 saturated carbocycles. The van der Waals surface area contributed by atoms with Crippen molar-refractivity contribution in [3.8, 4) is 0 Å². The maximum atomic E-state index is 13.3. The third-order valence-electron chi connectivity index (χ3n) is 5.60. The zero-order valence-electron chi connectivity index (χ0n) is 12.3. The SMILES string of the molecule is CCCC1CC2(CCC(c3ccc(F)c(F)c3)CC2)C1. The largest absolute Gasteiger partial charge is 0.204 e. The fourth-order valence-corrected chi connectivity index (χ4v) is 4.52. The van der Waals surface area contributed by atoms with Gasteiger partial charge >= 0.3 is 0 Å². The third-order valence-corrected chi connectivity index (χ3v) is 5.60. The minimum atomic E-state index is -0.734. The molecule has 20 heavy (non-hydrogen) atoms. The van der Waals surface area contributed by atoms with Crippen molar-refractivity contribution >= 4 is 0 Å². The van der Waals surface area contributed by atoms with E-state index in [9.17, 15) is 8.78 Å². The van der Waals surface area contributed by atoms with Gasteiger partial charge in [0.25, 0.3) is 0 Å². The van der Waals surface area contributed by atoms with Crippen LogP contribution in [0.3, 0.4) is 0 Å². The van der Waals surface area contributed by atoms with E-state index in [4.69, 9.17) is 0 Å². The predicted molar refractivity (Wildman–Crippen MR) is 77.6 cm³/mol. The van der Waals surface area contributed by atoms with Gasteiger partial charge in [0, 0.05) is 0 Å². The summed E-state index contributed by atoms with van der Waals surface area (Å²) in [6.45, 7) is 2.27. The molecular weight excluding hydrogens is 254 g/mol. The van der Waals surface area contributed by atoms with E-state index in [1.165, 1.54) is 50.7 Å². The Kier molecular flexibility index (Phi) is 3.83. The Balaban J connectivity index is 1.58. The van der Waals surface area contributed by atoms with Crippen LogP contribution in [0.15, 0.2) is 18.2 Å². The standard InChI is InChI=1S/C18H24F2/c1-2-3-13-11-18(12-13)8-6-14(7-9-18)15-4-5-16(19)17(20)10-15/h4-5,10,13-14H,2-3,6-9,11-12H2,1H3. The average Bonchev–Trinajstić information content (AvgIpc) is 2.41. The molecule has 0 N–H and O–H groups in total. The molecule has 0 amide bonds. The summed E-state index contributed by atoms with van der Waals surface area (Å²) in [6.07, 6.45) is 10.3. The molecule has 2 heteroatoms. The first-order valence-electron chi connectivity index (χ1n) is 8.07. The lowest BCUT2D eigenvalue weighted by molar-refractivity contribution is 0.00531. The Morgan fingerprint density at radius 2 is 1.80 bits per heavy atom. The Bertz CT molecular complexity index is 464. The lowest BCUT2D eigenvalue weighted by Crippen LogP contribution is -2.39. The zero-order valence-corrected chi connectivity index (χ0v) is 12.3. The van der Waals surface area contributed by atoms with Crippen LogP contribution in [-0.2, 0) is 0 Å². The van der Waals surface area contributed by atoms with Crippen LogP contribution in [0.1, 0.15) is 69.8 Å². The number of benzene rings is 1. The predicted octanol–water partition coefficient (Wildman–Crippen LogP) is 5.82. The van der Waals surface area contributed by atoms with Crippen LogP contribution in [0.2, 0.25) is 0 Å². The molecule has 3 rings (SSSR count). The number of rotatable bonds is 3. The van der Waals surface area contributed by atoms with E-state index in [0.717, 1.165) is 24.3 Å². The molecule has 0 bridgehead atoms. The van der Waals surface area contributed by atoms with Gasteiger partial charge in [-0.05, 0) is 73.5 Å². The molecular formula is C18H24F2. The molecule has 1 aromatic rings. The molecule has 2 aliphatic carbocycles. The van der Waals surface area contributed by atoms with E-state index in [0.29, 0.717) is 11.3 Å². The van der Waals surface area contributed by atoms with Crippen LogP contribution in [0.4, 0.5) is 8.78 Å². The maximum Gasteiger partial charge on any atom is 0.159 e. The maximum absolute atomic E-state index is 13.3. The molecule has 0 aliphatic heterocycles. The average molecular weight is 278 g/mol. The van der Waals surface area contributed by atoms with Gasteiger partial charge in [-0.1, -0.05) is 25.8 Å². The first-order chi connectivity index (χ1) is 9.62. The Hall–Kier alpha value is -0.920. The van der Waals surface area contributed by atoms with Gasteiger partial charge < -0.3 is 0 Å². The van der Waals surface area contributed by atoms with Crippen LogP contribution in [0.5, 0.6) is 0 Å². The Labute approximate surface area is 120 Å². The molecule has 0 unspecified atom stereocenters. The highest BCUT2D eigenvalue weighted by molar-refractivity contribution is 5.22. The van der Waals surface area contributed by atoms with Crippen LogP contribution in [0.25, 0.3) is 0 Å². The summed E-state index contributed by atoms with van der Waals surface area (Å²) in [5, 5.41) is 0. The van der Waals surface area contributed by atoms with Crippen molar-refractivity contribution in [1.29, 1.82) is 0 Å². The second-order valence-electron chi connectivity index (χ2n) is 7.01. The van der Waals surface area contributed by atoms with Gasteiger partial charge in [0.1, 0.15) is 0 Å². The van der Waals surface area contributed by atoms with Gasteiger partial charge in [-0.2, -0.15) is 0 Å². The van der Waals surface area contributed by atoms with Crippen LogP contribution < -0.4 is 0 Å². The molecule has 0 saturated heterocycles. The van der Waals surface area contributed by atoms with Crippen LogP contribution in [-0.4, -0.2) is 0 Å². The highest BCUT2D eigenvalue weighted by Crippen LogP contribution is 2.58. The molecule has 2 fully saturated rings. The van der Waals surface area contributed by atoms with E-state index in [1.807, 2.05) is 0 Å². The van der Waals surface area contributed by atoms with Crippen molar-refractivity contribution in [3.63, 3.8) is 0 Å². The molecule has 0 radical (unpaired) electrons. The monoisotopic (exact) mass is 278 g/mol. The highest BCUT2D eigenvalue weighted by Gasteiger charge is 2.45. The Morgan fingerprint density at radius 1 is 1.10 bits per heavy atom. The molecule has 0 nitrogen and oxygen atoms in total.